The summed E-state index contributed by atoms with van der Waals surface area (Å²) in [7, 11) is 0. The van der Waals surface area contributed by atoms with Crippen molar-refractivity contribution in [2.45, 2.75) is 32.5 Å². The molecule has 3 aromatic heterocycles. The van der Waals surface area contributed by atoms with Crippen LogP contribution < -0.4 is 5.32 Å². The molecule has 2 atom stereocenters. The molecule has 110 valence electrons. The van der Waals surface area contributed by atoms with Gasteiger partial charge in [0.2, 0.25) is 0 Å². The zero-order chi connectivity index (χ0) is 14.7. The van der Waals surface area contributed by atoms with E-state index in [4.69, 9.17) is 4.98 Å². The van der Waals surface area contributed by atoms with E-state index in [0.717, 1.165) is 17.2 Å². The Labute approximate surface area is 132 Å². The normalized spacial score (nSPS) is 14.2. The number of aromatic nitrogens is 3. The van der Waals surface area contributed by atoms with Crippen molar-refractivity contribution in [1.29, 1.82) is 0 Å². The number of hydrogen-bond donors (Lipinski definition) is 1. The van der Waals surface area contributed by atoms with Crippen molar-refractivity contribution < 1.29 is 0 Å². The Morgan fingerprint density at radius 2 is 2.19 bits per heavy atom. The van der Waals surface area contributed by atoms with Crippen LogP contribution in [-0.2, 0) is 6.54 Å². The van der Waals surface area contributed by atoms with E-state index < -0.39 is 0 Å². The van der Waals surface area contributed by atoms with Crippen LogP contribution in [0.4, 0.5) is 0 Å². The average molecular weight is 318 g/mol. The topological polar surface area (TPSA) is 42.7 Å². The summed E-state index contributed by atoms with van der Waals surface area (Å²) in [6, 6.07) is 6.78. The molecule has 0 aliphatic heterocycles. The molecular weight excluding hydrogens is 300 g/mol. The smallest absolute Gasteiger partial charge is 0.133 e. The van der Waals surface area contributed by atoms with Crippen LogP contribution >= 0.6 is 22.7 Å². The van der Waals surface area contributed by atoms with Crippen LogP contribution in [0.1, 0.15) is 25.6 Å². The molecule has 0 unspecified atom stereocenters. The van der Waals surface area contributed by atoms with Gasteiger partial charge < -0.3 is 5.32 Å². The van der Waals surface area contributed by atoms with Crippen LogP contribution in [-0.4, -0.2) is 20.8 Å². The molecule has 0 amide bonds. The van der Waals surface area contributed by atoms with Crippen LogP contribution in [0.2, 0.25) is 0 Å². The molecule has 0 fully saturated rings. The Kier molecular flexibility index (Phi) is 4.48. The number of rotatable bonds is 6. The van der Waals surface area contributed by atoms with Gasteiger partial charge in [-0.2, -0.15) is 5.10 Å². The first kappa shape index (κ1) is 14.4. The monoisotopic (exact) mass is 318 g/mol. The molecule has 0 aromatic carbocycles. The second-order valence-electron chi connectivity index (χ2n) is 5.02. The predicted octanol–water partition coefficient (Wildman–Crippen LogP) is 3.81. The fourth-order valence-corrected chi connectivity index (χ4v) is 3.72. The van der Waals surface area contributed by atoms with Crippen LogP contribution in [0.5, 0.6) is 0 Å². The molecule has 0 bridgehead atoms. The number of hydrogen-bond acceptors (Lipinski definition) is 5. The summed E-state index contributed by atoms with van der Waals surface area (Å²) in [5, 5.41) is 13.2. The molecule has 0 aliphatic rings. The lowest BCUT2D eigenvalue weighted by Crippen LogP contribution is -2.33. The van der Waals surface area contributed by atoms with Crippen molar-refractivity contribution in [1.82, 2.24) is 20.1 Å². The number of nitrogens with one attached hydrogen (secondary N) is 1. The molecule has 0 aliphatic carbocycles. The Bertz CT molecular complexity index is 658. The minimum Gasteiger partial charge on any atom is -0.306 e. The van der Waals surface area contributed by atoms with E-state index in [-0.39, 0.29) is 0 Å². The molecule has 3 aromatic rings. The molecule has 0 saturated carbocycles. The molecule has 0 saturated heterocycles. The van der Waals surface area contributed by atoms with Crippen LogP contribution in [0.15, 0.2) is 41.4 Å². The molecule has 3 rings (SSSR count). The van der Waals surface area contributed by atoms with Crippen LogP contribution in [0.3, 0.4) is 0 Å². The summed E-state index contributed by atoms with van der Waals surface area (Å²) in [5.74, 6) is 0. The summed E-state index contributed by atoms with van der Waals surface area (Å²) in [6.07, 6.45) is 3.82. The maximum atomic E-state index is 4.69. The summed E-state index contributed by atoms with van der Waals surface area (Å²) >= 11 is 3.44. The van der Waals surface area contributed by atoms with E-state index in [2.05, 4.69) is 47.2 Å². The zero-order valence-corrected chi connectivity index (χ0v) is 13.7. The van der Waals surface area contributed by atoms with Crippen molar-refractivity contribution >= 4 is 22.7 Å². The second-order valence-corrected chi connectivity index (χ2v) is 6.82. The van der Waals surface area contributed by atoms with Gasteiger partial charge in [0.15, 0.2) is 0 Å². The molecule has 6 heteroatoms. The summed E-state index contributed by atoms with van der Waals surface area (Å²) in [6.45, 7) is 5.14. The quantitative estimate of drug-likeness (QED) is 0.751. The Hall–Kier alpha value is -1.50. The minimum absolute atomic E-state index is 0.315. The predicted molar refractivity (Wildman–Crippen MR) is 88.7 cm³/mol. The van der Waals surface area contributed by atoms with E-state index in [1.165, 1.54) is 4.88 Å². The first-order chi connectivity index (χ1) is 10.2. The number of thiophene rings is 1. The Morgan fingerprint density at radius 3 is 2.90 bits per heavy atom. The SMILES string of the molecule is C[C@H](NCc1csc(-c2cccs2)n1)[C@@H](C)n1cccn1. The molecule has 1 N–H and O–H groups in total. The summed E-state index contributed by atoms with van der Waals surface area (Å²) < 4.78 is 1.98. The van der Waals surface area contributed by atoms with Crippen molar-refractivity contribution in [2.75, 3.05) is 0 Å². The molecule has 4 nitrogen and oxygen atoms in total. The first-order valence-electron chi connectivity index (χ1n) is 6.95. The Morgan fingerprint density at radius 1 is 1.29 bits per heavy atom. The highest BCUT2D eigenvalue weighted by Crippen LogP contribution is 2.27. The maximum Gasteiger partial charge on any atom is 0.133 e. The van der Waals surface area contributed by atoms with E-state index in [1.54, 1.807) is 22.7 Å². The number of nitrogens with zero attached hydrogens (tertiary/aromatic N) is 3. The van der Waals surface area contributed by atoms with Crippen molar-refractivity contribution in [2.24, 2.45) is 0 Å². The first-order valence-corrected chi connectivity index (χ1v) is 8.71. The average Bonchev–Trinajstić information content (AvgIpc) is 3.25. The fourth-order valence-electron chi connectivity index (χ4n) is 2.09. The fraction of sp³-hybridized carbons (Fsp3) is 0.333. The maximum absolute atomic E-state index is 4.69. The molecule has 0 radical (unpaired) electrons. The Balaban J connectivity index is 1.58. The van der Waals surface area contributed by atoms with Gasteiger partial charge in [0, 0.05) is 30.4 Å². The van der Waals surface area contributed by atoms with Crippen LogP contribution in [0.25, 0.3) is 9.88 Å². The highest BCUT2D eigenvalue weighted by molar-refractivity contribution is 7.20. The highest BCUT2D eigenvalue weighted by atomic mass is 32.1. The van der Waals surface area contributed by atoms with Gasteiger partial charge in [-0.15, -0.1) is 22.7 Å². The third-order valence-corrected chi connectivity index (χ3v) is 5.48. The van der Waals surface area contributed by atoms with Crippen LogP contribution in [0, 0.1) is 0 Å². The largest absolute Gasteiger partial charge is 0.306 e. The highest BCUT2D eigenvalue weighted by Gasteiger charge is 2.14. The molecule has 3 heterocycles. The van der Waals surface area contributed by atoms with E-state index in [1.807, 2.05) is 23.1 Å². The van der Waals surface area contributed by atoms with E-state index in [0.29, 0.717) is 12.1 Å². The van der Waals surface area contributed by atoms with Gasteiger partial charge in [0.05, 0.1) is 16.6 Å². The summed E-state index contributed by atoms with van der Waals surface area (Å²) in [5.41, 5.74) is 1.10. The molecule has 0 spiro atoms. The lowest BCUT2D eigenvalue weighted by molar-refractivity contribution is 0.364. The summed E-state index contributed by atoms with van der Waals surface area (Å²) in [4.78, 5) is 5.93. The third-order valence-electron chi connectivity index (χ3n) is 3.55. The lowest BCUT2D eigenvalue weighted by atomic mass is 10.2. The van der Waals surface area contributed by atoms with Crippen molar-refractivity contribution in [3.63, 3.8) is 0 Å². The second kappa shape index (κ2) is 6.51. The van der Waals surface area contributed by atoms with E-state index in [9.17, 15) is 0 Å². The molecular formula is C15H18N4S2. The van der Waals surface area contributed by atoms with E-state index >= 15 is 0 Å². The zero-order valence-electron chi connectivity index (χ0n) is 12.1. The van der Waals surface area contributed by atoms with Gasteiger partial charge in [0.25, 0.3) is 0 Å². The molecule has 21 heavy (non-hydrogen) atoms. The lowest BCUT2D eigenvalue weighted by Gasteiger charge is -2.21. The number of thiazole rings is 1. The van der Waals surface area contributed by atoms with Gasteiger partial charge in [-0.05, 0) is 31.4 Å². The van der Waals surface area contributed by atoms with Crippen molar-refractivity contribution in [3.8, 4) is 9.88 Å². The van der Waals surface area contributed by atoms with Gasteiger partial charge >= 0.3 is 0 Å². The van der Waals surface area contributed by atoms with Gasteiger partial charge in [-0.25, -0.2) is 4.98 Å². The minimum atomic E-state index is 0.315. The van der Waals surface area contributed by atoms with Crippen molar-refractivity contribution in [3.05, 3.63) is 47.0 Å². The third kappa shape index (κ3) is 3.40. The standard InChI is InChI=1S/C15H18N4S2/c1-11(12(2)19-7-4-6-17-19)16-9-13-10-21-15(18-13)14-5-3-8-20-14/h3-8,10-12,16H,9H2,1-2H3/t11-,12+/m0/s1. The van der Waals surface area contributed by atoms with Gasteiger partial charge in [-0.3, -0.25) is 4.68 Å². The van der Waals surface area contributed by atoms with Gasteiger partial charge in [-0.1, -0.05) is 6.07 Å². The van der Waals surface area contributed by atoms with Gasteiger partial charge in [0.1, 0.15) is 5.01 Å².